The summed E-state index contributed by atoms with van der Waals surface area (Å²) in [6, 6.07) is 7.49. The molecule has 1 aromatic rings. The molecule has 134 valence electrons. The molecule has 1 saturated heterocycles. The molecule has 0 amide bonds. The molecular formula is C20H24O5. The predicted octanol–water partition coefficient (Wildman–Crippen LogP) is 3.59. The fourth-order valence-electron chi connectivity index (χ4n) is 3.72. The summed E-state index contributed by atoms with van der Waals surface area (Å²) in [7, 11) is 0. The number of carbonyl (C=O) groups excluding carboxylic acids is 2. The van der Waals surface area contributed by atoms with Crippen molar-refractivity contribution in [2.45, 2.75) is 39.7 Å². The second kappa shape index (κ2) is 7.00. The smallest absolute Gasteiger partial charge is 0.308 e. The van der Waals surface area contributed by atoms with Gasteiger partial charge in [-0.2, -0.15) is 0 Å². The highest BCUT2D eigenvalue weighted by Gasteiger charge is 2.45. The summed E-state index contributed by atoms with van der Waals surface area (Å²) in [5, 5.41) is 0. The third-order valence-electron chi connectivity index (χ3n) is 5.08. The molecule has 1 heterocycles. The third-order valence-corrected chi connectivity index (χ3v) is 5.08. The van der Waals surface area contributed by atoms with Crippen LogP contribution in [0.25, 0.3) is 0 Å². The maximum Gasteiger partial charge on any atom is 0.308 e. The number of hydrogen-bond acceptors (Lipinski definition) is 5. The van der Waals surface area contributed by atoms with Crippen molar-refractivity contribution in [1.82, 2.24) is 0 Å². The molecule has 1 aliphatic heterocycles. The second-order valence-corrected chi connectivity index (χ2v) is 7.14. The third kappa shape index (κ3) is 3.93. The van der Waals surface area contributed by atoms with Crippen LogP contribution >= 0.6 is 0 Å². The number of esters is 2. The molecule has 3 atom stereocenters. The molecule has 5 heteroatoms. The molecule has 0 N–H and O–H groups in total. The van der Waals surface area contributed by atoms with Gasteiger partial charge < -0.3 is 14.2 Å². The van der Waals surface area contributed by atoms with Crippen molar-refractivity contribution in [3.63, 3.8) is 0 Å². The van der Waals surface area contributed by atoms with E-state index in [-0.39, 0.29) is 29.4 Å². The van der Waals surface area contributed by atoms with Crippen molar-refractivity contribution < 1.29 is 23.8 Å². The number of fused-ring (bicyclic) bond motifs is 2. The molecule has 5 nitrogen and oxygen atoms in total. The Balaban J connectivity index is 1.76. The van der Waals surface area contributed by atoms with Gasteiger partial charge in [-0.3, -0.25) is 9.59 Å². The van der Waals surface area contributed by atoms with Crippen molar-refractivity contribution in [3.05, 3.63) is 41.5 Å². The van der Waals surface area contributed by atoms with Crippen LogP contribution in [0.2, 0.25) is 0 Å². The maximum absolute atomic E-state index is 11.2. The first-order valence-corrected chi connectivity index (χ1v) is 8.59. The number of allylic oxidation sites excluding steroid dienone is 1. The highest BCUT2D eigenvalue weighted by molar-refractivity contribution is 5.69. The van der Waals surface area contributed by atoms with Gasteiger partial charge in [0.2, 0.25) is 0 Å². The molecule has 0 spiro atoms. The van der Waals surface area contributed by atoms with E-state index in [0.717, 1.165) is 18.4 Å². The summed E-state index contributed by atoms with van der Waals surface area (Å²) in [5.41, 5.74) is 2.26. The van der Waals surface area contributed by atoms with E-state index < -0.39 is 0 Å². The maximum atomic E-state index is 11.2. The van der Waals surface area contributed by atoms with Crippen LogP contribution in [-0.4, -0.2) is 25.2 Å². The molecule has 2 bridgehead atoms. The average Bonchev–Trinajstić information content (AvgIpc) is 2.58. The molecule has 2 aliphatic rings. The highest BCUT2D eigenvalue weighted by Crippen LogP contribution is 2.50. The Morgan fingerprint density at radius 3 is 2.56 bits per heavy atom. The van der Waals surface area contributed by atoms with E-state index in [1.807, 2.05) is 12.1 Å². The molecular weight excluding hydrogens is 320 g/mol. The zero-order valence-electron chi connectivity index (χ0n) is 14.9. The Labute approximate surface area is 148 Å². The molecule has 1 aliphatic carbocycles. The quantitative estimate of drug-likeness (QED) is 0.474. The SMILES string of the molecule is CC(=O)OC[C@]12CC=C(C)[C@H](C1)[C@H](c1ccc(OC(C)=O)cc1)OC2. The fraction of sp³-hybridized carbons (Fsp3) is 0.500. The zero-order chi connectivity index (χ0) is 18.0. The summed E-state index contributed by atoms with van der Waals surface area (Å²) in [4.78, 5) is 22.2. The van der Waals surface area contributed by atoms with Crippen LogP contribution < -0.4 is 4.74 Å². The summed E-state index contributed by atoms with van der Waals surface area (Å²) in [6.07, 6.45) is 4.04. The van der Waals surface area contributed by atoms with Gasteiger partial charge in [0.1, 0.15) is 5.75 Å². The minimum atomic E-state index is -0.331. The molecule has 0 saturated carbocycles. The summed E-state index contributed by atoms with van der Waals surface area (Å²) in [5.74, 6) is 0.216. The lowest BCUT2D eigenvalue weighted by atomic mass is 9.66. The standard InChI is InChI=1S/C20H24O5/c1-13-8-9-20(11-23-14(2)21)10-18(13)19(24-12-20)16-4-6-17(7-5-16)25-15(3)22/h4-8,18-19H,9-12H2,1-3H3/t18-,19-,20-/m0/s1. The van der Waals surface area contributed by atoms with Gasteiger partial charge in [-0.05, 0) is 37.5 Å². The van der Waals surface area contributed by atoms with Gasteiger partial charge in [0.15, 0.2) is 0 Å². The van der Waals surface area contributed by atoms with Gasteiger partial charge in [-0.15, -0.1) is 0 Å². The van der Waals surface area contributed by atoms with Crippen molar-refractivity contribution in [2.24, 2.45) is 11.3 Å². The Kier molecular flexibility index (Phi) is 4.95. The first kappa shape index (κ1) is 17.7. The van der Waals surface area contributed by atoms with Gasteiger partial charge in [0.25, 0.3) is 0 Å². The molecule has 1 aromatic carbocycles. The second-order valence-electron chi connectivity index (χ2n) is 7.14. The van der Waals surface area contributed by atoms with E-state index >= 15 is 0 Å². The number of rotatable bonds is 4. The summed E-state index contributed by atoms with van der Waals surface area (Å²) >= 11 is 0. The van der Waals surface area contributed by atoms with Crippen LogP contribution in [0.15, 0.2) is 35.9 Å². The zero-order valence-corrected chi connectivity index (χ0v) is 14.9. The summed E-state index contributed by atoms with van der Waals surface area (Å²) < 4.78 is 16.6. The normalized spacial score (nSPS) is 28.0. The van der Waals surface area contributed by atoms with E-state index in [1.54, 1.807) is 12.1 Å². The van der Waals surface area contributed by atoms with Crippen LogP contribution in [-0.2, 0) is 19.1 Å². The van der Waals surface area contributed by atoms with Crippen molar-refractivity contribution in [1.29, 1.82) is 0 Å². The predicted molar refractivity (Wildman–Crippen MR) is 92.0 cm³/mol. The Bertz CT molecular complexity index is 691. The molecule has 3 rings (SSSR count). The first-order valence-electron chi connectivity index (χ1n) is 8.59. The number of hydrogen-bond donors (Lipinski definition) is 0. The van der Waals surface area contributed by atoms with E-state index in [4.69, 9.17) is 14.2 Å². The van der Waals surface area contributed by atoms with E-state index in [1.165, 1.54) is 19.4 Å². The average molecular weight is 344 g/mol. The van der Waals surface area contributed by atoms with Crippen molar-refractivity contribution in [3.8, 4) is 5.75 Å². The van der Waals surface area contributed by atoms with Crippen LogP contribution in [0.1, 0.15) is 45.3 Å². The minimum Gasteiger partial charge on any atom is -0.465 e. The van der Waals surface area contributed by atoms with Crippen molar-refractivity contribution in [2.75, 3.05) is 13.2 Å². The van der Waals surface area contributed by atoms with Crippen LogP contribution in [0.4, 0.5) is 0 Å². The molecule has 0 unspecified atom stereocenters. The Morgan fingerprint density at radius 1 is 1.20 bits per heavy atom. The number of carbonyl (C=O) groups is 2. The monoisotopic (exact) mass is 344 g/mol. The largest absolute Gasteiger partial charge is 0.465 e. The van der Waals surface area contributed by atoms with E-state index in [0.29, 0.717) is 19.0 Å². The van der Waals surface area contributed by atoms with E-state index in [2.05, 4.69) is 13.0 Å². The lowest BCUT2D eigenvalue weighted by Gasteiger charge is -2.47. The Hall–Kier alpha value is -2.14. The molecule has 25 heavy (non-hydrogen) atoms. The highest BCUT2D eigenvalue weighted by atomic mass is 16.5. The lowest BCUT2D eigenvalue weighted by Crippen LogP contribution is -2.44. The lowest BCUT2D eigenvalue weighted by molar-refractivity contribution is -0.156. The first-order chi connectivity index (χ1) is 11.9. The number of ether oxygens (including phenoxy) is 3. The van der Waals surface area contributed by atoms with Gasteiger partial charge in [0, 0.05) is 25.2 Å². The topological polar surface area (TPSA) is 61.8 Å². The molecule has 0 aromatic heterocycles. The van der Waals surface area contributed by atoms with Gasteiger partial charge in [-0.1, -0.05) is 23.8 Å². The Morgan fingerprint density at radius 2 is 1.92 bits per heavy atom. The molecule has 1 fully saturated rings. The van der Waals surface area contributed by atoms with Gasteiger partial charge >= 0.3 is 11.9 Å². The van der Waals surface area contributed by atoms with Crippen molar-refractivity contribution >= 4 is 11.9 Å². The number of benzene rings is 1. The van der Waals surface area contributed by atoms with Crippen LogP contribution in [0.5, 0.6) is 5.75 Å². The van der Waals surface area contributed by atoms with Crippen LogP contribution in [0.3, 0.4) is 0 Å². The minimum absolute atomic E-state index is 0.0339. The van der Waals surface area contributed by atoms with Gasteiger partial charge in [-0.25, -0.2) is 0 Å². The fourth-order valence-corrected chi connectivity index (χ4v) is 3.72. The van der Waals surface area contributed by atoms with Crippen LogP contribution in [0, 0.1) is 11.3 Å². The van der Waals surface area contributed by atoms with E-state index in [9.17, 15) is 9.59 Å². The molecule has 0 radical (unpaired) electrons. The van der Waals surface area contributed by atoms with Gasteiger partial charge in [0.05, 0.1) is 19.3 Å². The summed E-state index contributed by atoms with van der Waals surface area (Å²) in [6.45, 7) is 5.93.